The van der Waals surface area contributed by atoms with Crippen molar-refractivity contribution in [2.45, 2.75) is 38.1 Å². The van der Waals surface area contributed by atoms with Crippen LogP contribution < -0.4 is 0 Å². The third-order valence-corrected chi connectivity index (χ3v) is 2.26. The molecule has 1 aliphatic rings. The van der Waals surface area contributed by atoms with Gasteiger partial charge in [0, 0.05) is 6.61 Å². The maximum Gasteiger partial charge on any atom is 0.113 e. The van der Waals surface area contributed by atoms with Crippen molar-refractivity contribution in [2.24, 2.45) is 0 Å². The second-order valence-electron chi connectivity index (χ2n) is 3.04. The van der Waals surface area contributed by atoms with E-state index in [0.29, 0.717) is 13.0 Å². The summed E-state index contributed by atoms with van der Waals surface area (Å²) in [4.78, 5) is 0. The molecule has 60 valence electrons. The van der Waals surface area contributed by atoms with Gasteiger partial charge in [0.15, 0.2) is 0 Å². The lowest BCUT2D eigenvalue weighted by molar-refractivity contribution is -0.187. The highest BCUT2D eigenvalue weighted by atomic mass is 16.5. The van der Waals surface area contributed by atoms with E-state index in [2.05, 4.69) is 0 Å². The third kappa shape index (κ3) is 1.17. The van der Waals surface area contributed by atoms with E-state index < -0.39 is 11.7 Å². The fraction of sp³-hybridized carbons (Fsp3) is 1.00. The van der Waals surface area contributed by atoms with E-state index in [1.807, 2.05) is 0 Å². The van der Waals surface area contributed by atoms with Crippen LogP contribution in [-0.4, -0.2) is 34.6 Å². The lowest BCUT2D eigenvalue weighted by Crippen LogP contribution is -2.53. The zero-order valence-corrected chi connectivity index (χ0v) is 6.37. The van der Waals surface area contributed by atoms with Gasteiger partial charge in [0.2, 0.25) is 0 Å². The van der Waals surface area contributed by atoms with Crippen LogP contribution in [0.2, 0.25) is 0 Å². The third-order valence-electron chi connectivity index (χ3n) is 2.26. The fourth-order valence-electron chi connectivity index (χ4n) is 1.09. The van der Waals surface area contributed by atoms with Crippen molar-refractivity contribution >= 4 is 0 Å². The van der Waals surface area contributed by atoms with Gasteiger partial charge in [0.05, 0.1) is 12.2 Å². The van der Waals surface area contributed by atoms with Gasteiger partial charge >= 0.3 is 0 Å². The first kappa shape index (κ1) is 7.98. The minimum Gasteiger partial charge on any atom is -0.390 e. The van der Waals surface area contributed by atoms with Crippen LogP contribution in [0.3, 0.4) is 0 Å². The first-order valence-corrected chi connectivity index (χ1v) is 3.57. The van der Waals surface area contributed by atoms with Gasteiger partial charge in [0.1, 0.15) is 5.60 Å². The Labute approximate surface area is 60.6 Å². The molecule has 0 saturated carbocycles. The predicted molar refractivity (Wildman–Crippen MR) is 36.7 cm³/mol. The average Bonchev–Trinajstić information content (AvgIpc) is 1.84. The highest BCUT2D eigenvalue weighted by Crippen LogP contribution is 2.24. The summed E-state index contributed by atoms with van der Waals surface area (Å²) in [6.07, 6.45) is -0.385. The van der Waals surface area contributed by atoms with Crippen molar-refractivity contribution in [3.63, 3.8) is 0 Å². The van der Waals surface area contributed by atoms with Crippen molar-refractivity contribution in [1.29, 1.82) is 0 Å². The normalized spacial score (nSPS) is 49.2. The second-order valence-corrected chi connectivity index (χ2v) is 3.04. The molecule has 1 saturated heterocycles. The molecule has 3 heteroatoms. The van der Waals surface area contributed by atoms with E-state index in [-0.39, 0.29) is 6.10 Å². The lowest BCUT2D eigenvalue weighted by atomic mass is 9.89. The van der Waals surface area contributed by atoms with Crippen LogP contribution in [0.5, 0.6) is 0 Å². The summed E-state index contributed by atoms with van der Waals surface area (Å²) in [5, 5.41) is 18.8. The Morgan fingerprint density at radius 2 is 2.20 bits per heavy atom. The molecule has 0 aromatic heterocycles. The first-order chi connectivity index (χ1) is 4.55. The van der Waals surface area contributed by atoms with Crippen LogP contribution >= 0.6 is 0 Å². The molecule has 3 atom stereocenters. The Balaban J connectivity index is 2.63. The summed E-state index contributed by atoms with van der Waals surface area (Å²) >= 11 is 0. The summed E-state index contributed by atoms with van der Waals surface area (Å²) in [5.41, 5.74) is -1.07. The first-order valence-electron chi connectivity index (χ1n) is 3.57. The van der Waals surface area contributed by atoms with Crippen LogP contribution in [0.1, 0.15) is 20.3 Å². The van der Waals surface area contributed by atoms with Crippen LogP contribution in [0.15, 0.2) is 0 Å². The van der Waals surface area contributed by atoms with Crippen molar-refractivity contribution in [1.82, 2.24) is 0 Å². The zero-order valence-electron chi connectivity index (χ0n) is 6.37. The molecule has 1 rings (SSSR count). The van der Waals surface area contributed by atoms with Gasteiger partial charge in [-0.3, -0.25) is 0 Å². The molecule has 0 unspecified atom stereocenters. The fourth-order valence-corrected chi connectivity index (χ4v) is 1.09. The SMILES string of the molecule is C[C@@H]1OCC[C@H](O)[C@@]1(C)O. The van der Waals surface area contributed by atoms with Gasteiger partial charge in [-0.2, -0.15) is 0 Å². The summed E-state index contributed by atoms with van der Waals surface area (Å²) in [6.45, 7) is 3.91. The van der Waals surface area contributed by atoms with Gasteiger partial charge in [0.25, 0.3) is 0 Å². The molecule has 1 aliphatic heterocycles. The monoisotopic (exact) mass is 146 g/mol. The zero-order chi connectivity index (χ0) is 7.78. The van der Waals surface area contributed by atoms with Gasteiger partial charge in [-0.1, -0.05) is 0 Å². The van der Waals surface area contributed by atoms with Crippen molar-refractivity contribution in [3.05, 3.63) is 0 Å². The summed E-state index contributed by atoms with van der Waals surface area (Å²) in [6, 6.07) is 0. The summed E-state index contributed by atoms with van der Waals surface area (Å²) < 4.78 is 5.15. The Hall–Kier alpha value is -0.120. The molecule has 10 heavy (non-hydrogen) atoms. The standard InChI is InChI=1S/C7H14O3/c1-5-7(2,9)6(8)3-4-10-5/h5-6,8-9H,3-4H2,1-2H3/t5-,6-,7-/m0/s1. The summed E-state index contributed by atoms with van der Waals surface area (Å²) in [5.74, 6) is 0. The smallest absolute Gasteiger partial charge is 0.113 e. The minimum absolute atomic E-state index is 0.267. The molecule has 0 aliphatic carbocycles. The van der Waals surface area contributed by atoms with E-state index in [0.717, 1.165) is 0 Å². The number of aliphatic hydroxyl groups is 2. The molecule has 0 aromatic carbocycles. The minimum atomic E-state index is -1.07. The van der Waals surface area contributed by atoms with Crippen molar-refractivity contribution < 1.29 is 14.9 Å². The lowest BCUT2D eigenvalue weighted by Gasteiger charge is -2.38. The largest absolute Gasteiger partial charge is 0.390 e. The van der Waals surface area contributed by atoms with E-state index in [1.54, 1.807) is 13.8 Å². The number of hydrogen-bond donors (Lipinski definition) is 2. The molecule has 1 heterocycles. The number of hydrogen-bond acceptors (Lipinski definition) is 3. The maximum absolute atomic E-state index is 9.54. The Bertz CT molecular complexity index is 110. The molecule has 0 aromatic rings. The maximum atomic E-state index is 9.54. The quantitative estimate of drug-likeness (QED) is 0.502. The van der Waals surface area contributed by atoms with Crippen molar-refractivity contribution in [2.75, 3.05) is 6.61 Å². The Morgan fingerprint density at radius 1 is 1.60 bits per heavy atom. The molecule has 0 bridgehead atoms. The van der Waals surface area contributed by atoms with Crippen molar-refractivity contribution in [3.8, 4) is 0 Å². The molecule has 1 fully saturated rings. The Kier molecular flexibility index (Phi) is 1.99. The molecule has 0 amide bonds. The predicted octanol–water partition coefficient (Wildman–Crippen LogP) is -0.0929. The molecule has 2 N–H and O–H groups in total. The average molecular weight is 146 g/mol. The van der Waals surface area contributed by atoms with Crippen LogP contribution in [-0.2, 0) is 4.74 Å². The number of ether oxygens (including phenoxy) is 1. The molecule has 3 nitrogen and oxygen atoms in total. The van der Waals surface area contributed by atoms with Crippen LogP contribution in [0.25, 0.3) is 0 Å². The molecular formula is C7H14O3. The van der Waals surface area contributed by atoms with Gasteiger partial charge in [-0.15, -0.1) is 0 Å². The molecule has 0 spiro atoms. The second kappa shape index (κ2) is 2.49. The summed E-state index contributed by atoms with van der Waals surface area (Å²) in [7, 11) is 0. The van der Waals surface area contributed by atoms with E-state index in [9.17, 15) is 10.2 Å². The van der Waals surface area contributed by atoms with E-state index >= 15 is 0 Å². The topological polar surface area (TPSA) is 49.7 Å². The highest BCUT2D eigenvalue weighted by Gasteiger charge is 2.39. The van der Waals surface area contributed by atoms with Crippen LogP contribution in [0, 0.1) is 0 Å². The van der Waals surface area contributed by atoms with Gasteiger partial charge in [-0.25, -0.2) is 0 Å². The highest BCUT2D eigenvalue weighted by molar-refractivity contribution is 4.90. The van der Waals surface area contributed by atoms with Crippen LogP contribution in [0.4, 0.5) is 0 Å². The number of aliphatic hydroxyl groups excluding tert-OH is 1. The number of rotatable bonds is 0. The van der Waals surface area contributed by atoms with E-state index in [1.165, 1.54) is 0 Å². The molecule has 0 radical (unpaired) electrons. The molecular weight excluding hydrogens is 132 g/mol. The van der Waals surface area contributed by atoms with Gasteiger partial charge < -0.3 is 14.9 Å². The van der Waals surface area contributed by atoms with E-state index in [4.69, 9.17) is 4.74 Å². The Morgan fingerprint density at radius 3 is 2.60 bits per heavy atom. The van der Waals surface area contributed by atoms with Gasteiger partial charge in [-0.05, 0) is 20.3 Å².